The number of cyclic esters (lactones) is 1. The van der Waals surface area contributed by atoms with Crippen LogP contribution in [0.2, 0.25) is 0 Å². The van der Waals surface area contributed by atoms with Crippen molar-refractivity contribution in [3.05, 3.63) is 29.3 Å². The lowest BCUT2D eigenvalue weighted by atomic mass is 10.0. The van der Waals surface area contributed by atoms with Crippen LogP contribution < -0.4 is 10.1 Å². The van der Waals surface area contributed by atoms with Crippen molar-refractivity contribution in [1.82, 2.24) is 10.2 Å². The van der Waals surface area contributed by atoms with Gasteiger partial charge >= 0.3 is 6.09 Å². The van der Waals surface area contributed by atoms with Gasteiger partial charge in [-0.25, -0.2) is 4.79 Å². The van der Waals surface area contributed by atoms with Crippen LogP contribution in [0.1, 0.15) is 30.5 Å². The monoisotopic (exact) mass is 292 g/mol. The minimum Gasteiger partial charge on any atom is -0.496 e. The summed E-state index contributed by atoms with van der Waals surface area (Å²) in [5.41, 5.74) is 2.27. The maximum absolute atomic E-state index is 11.7. The van der Waals surface area contributed by atoms with Crippen molar-refractivity contribution < 1.29 is 14.3 Å². The van der Waals surface area contributed by atoms with E-state index in [1.807, 2.05) is 12.1 Å². The lowest BCUT2D eigenvalue weighted by molar-refractivity contribution is 0.155. The second kappa shape index (κ2) is 7.31. The number of nitrogens with one attached hydrogen (secondary N) is 1. The lowest BCUT2D eigenvalue weighted by Gasteiger charge is -2.25. The van der Waals surface area contributed by atoms with E-state index < -0.39 is 0 Å². The minimum atomic E-state index is -0.232. The number of amides is 1. The fourth-order valence-electron chi connectivity index (χ4n) is 2.53. The van der Waals surface area contributed by atoms with E-state index in [4.69, 9.17) is 9.47 Å². The molecule has 1 saturated heterocycles. The van der Waals surface area contributed by atoms with E-state index in [1.165, 1.54) is 5.56 Å². The van der Waals surface area contributed by atoms with Crippen LogP contribution in [0.15, 0.2) is 18.2 Å². The molecule has 1 aliphatic heterocycles. The van der Waals surface area contributed by atoms with Crippen molar-refractivity contribution in [1.29, 1.82) is 0 Å². The fourth-order valence-corrected chi connectivity index (χ4v) is 2.53. The first kappa shape index (κ1) is 15.6. The van der Waals surface area contributed by atoms with Crippen LogP contribution in [0.5, 0.6) is 5.75 Å². The molecule has 1 atom stereocenters. The van der Waals surface area contributed by atoms with Crippen LogP contribution in [-0.4, -0.2) is 44.3 Å². The Balaban J connectivity index is 2.22. The summed E-state index contributed by atoms with van der Waals surface area (Å²) >= 11 is 0. The van der Waals surface area contributed by atoms with Gasteiger partial charge in [0.2, 0.25) is 0 Å². The maximum atomic E-state index is 11.7. The van der Waals surface area contributed by atoms with Crippen molar-refractivity contribution in [2.45, 2.75) is 26.3 Å². The molecule has 21 heavy (non-hydrogen) atoms. The van der Waals surface area contributed by atoms with Gasteiger partial charge in [0.1, 0.15) is 12.4 Å². The Labute approximate surface area is 126 Å². The summed E-state index contributed by atoms with van der Waals surface area (Å²) in [5.74, 6) is 0.849. The first-order chi connectivity index (χ1) is 10.2. The van der Waals surface area contributed by atoms with Crippen LogP contribution in [-0.2, 0) is 4.74 Å². The molecule has 1 aromatic carbocycles. The Hall–Kier alpha value is -1.75. The van der Waals surface area contributed by atoms with Gasteiger partial charge in [0.05, 0.1) is 19.7 Å². The van der Waals surface area contributed by atoms with Gasteiger partial charge in [-0.1, -0.05) is 24.6 Å². The van der Waals surface area contributed by atoms with Gasteiger partial charge in [-0.2, -0.15) is 0 Å². The number of carbonyl (C=O) groups excluding carboxylic acids is 1. The molecule has 1 N–H and O–H groups in total. The van der Waals surface area contributed by atoms with Gasteiger partial charge in [0, 0.05) is 12.1 Å². The standard InChI is InChI=1S/C16H24N2O3/c1-4-7-17-14(11-18-8-9-21-16(18)19)13-10-12(2)5-6-15(13)20-3/h5-6,10,14,17H,4,7-9,11H2,1-3H3. The van der Waals surface area contributed by atoms with E-state index in [2.05, 4.69) is 25.2 Å². The first-order valence-electron chi connectivity index (χ1n) is 7.45. The average molecular weight is 292 g/mol. The zero-order chi connectivity index (χ0) is 15.2. The molecule has 0 spiro atoms. The number of hydrogen-bond acceptors (Lipinski definition) is 4. The van der Waals surface area contributed by atoms with Gasteiger partial charge in [-0.05, 0) is 26.0 Å². The van der Waals surface area contributed by atoms with Crippen molar-refractivity contribution >= 4 is 6.09 Å². The summed E-state index contributed by atoms with van der Waals surface area (Å²) in [6.45, 7) is 6.80. The molecule has 0 bridgehead atoms. The summed E-state index contributed by atoms with van der Waals surface area (Å²) in [4.78, 5) is 13.4. The van der Waals surface area contributed by atoms with Crippen LogP contribution >= 0.6 is 0 Å². The topological polar surface area (TPSA) is 50.8 Å². The highest BCUT2D eigenvalue weighted by Crippen LogP contribution is 2.27. The van der Waals surface area contributed by atoms with Gasteiger partial charge in [-0.15, -0.1) is 0 Å². The number of rotatable bonds is 7. The molecule has 1 aromatic rings. The Kier molecular flexibility index (Phi) is 5.44. The summed E-state index contributed by atoms with van der Waals surface area (Å²) in [7, 11) is 1.68. The van der Waals surface area contributed by atoms with Crippen molar-refractivity contribution in [2.24, 2.45) is 0 Å². The molecule has 1 fully saturated rings. The molecule has 1 amide bonds. The van der Waals surface area contributed by atoms with Gasteiger partial charge in [-0.3, -0.25) is 0 Å². The molecular formula is C16H24N2O3. The molecule has 5 heteroatoms. The van der Waals surface area contributed by atoms with Crippen molar-refractivity contribution in [2.75, 3.05) is 33.4 Å². The quantitative estimate of drug-likeness (QED) is 0.839. The summed E-state index contributed by atoms with van der Waals surface area (Å²) in [5, 5.41) is 3.51. The third kappa shape index (κ3) is 3.88. The largest absolute Gasteiger partial charge is 0.496 e. The number of methoxy groups -OCH3 is 1. The Morgan fingerprint density at radius 2 is 2.29 bits per heavy atom. The van der Waals surface area contributed by atoms with E-state index in [0.717, 1.165) is 24.3 Å². The number of carbonyl (C=O) groups is 1. The predicted octanol–water partition coefficient (Wildman–Crippen LogP) is 2.50. The molecule has 0 aliphatic carbocycles. The number of nitrogens with zero attached hydrogens (tertiary/aromatic N) is 1. The van der Waals surface area contributed by atoms with E-state index in [1.54, 1.807) is 12.0 Å². The molecule has 2 rings (SSSR count). The number of hydrogen-bond donors (Lipinski definition) is 1. The zero-order valence-corrected chi connectivity index (χ0v) is 13.0. The second-order valence-corrected chi connectivity index (χ2v) is 5.31. The van der Waals surface area contributed by atoms with E-state index in [0.29, 0.717) is 19.7 Å². The third-order valence-corrected chi connectivity index (χ3v) is 3.65. The number of benzene rings is 1. The normalized spacial score (nSPS) is 16.0. The Morgan fingerprint density at radius 3 is 2.90 bits per heavy atom. The molecule has 0 radical (unpaired) electrons. The highest BCUT2D eigenvalue weighted by Gasteiger charge is 2.27. The van der Waals surface area contributed by atoms with Gasteiger partial charge < -0.3 is 19.7 Å². The van der Waals surface area contributed by atoms with Crippen molar-refractivity contribution in [3.8, 4) is 5.75 Å². The second-order valence-electron chi connectivity index (χ2n) is 5.31. The highest BCUT2D eigenvalue weighted by molar-refractivity contribution is 5.69. The van der Waals surface area contributed by atoms with Crippen LogP contribution in [0, 0.1) is 6.92 Å². The SMILES string of the molecule is CCCNC(CN1CCOC1=O)c1cc(C)ccc1OC. The maximum Gasteiger partial charge on any atom is 0.410 e. The Bertz CT molecular complexity index is 490. The molecular weight excluding hydrogens is 268 g/mol. The van der Waals surface area contributed by atoms with E-state index in [9.17, 15) is 4.79 Å². The average Bonchev–Trinajstić information content (AvgIpc) is 2.88. The molecule has 0 saturated carbocycles. The van der Waals surface area contributed by atoms with Crippen molar-refractivity contribution in [3.63, 3.8) is 0 Å². The summed E-state index contributed by atoms with van der Waals surface area (Å²) in [6.07, 6.45) is 0.805. The van der Waals surface area contributed by atoms with Gasteiger partial charge in [0.25, 0.3) is 0 Å². The molecule has 0 aromatic heterocycles. The molecule has 5 nitrogen and oxygen atoms in total. The highest BCUT2D eigenvalue weighted by atomic mass is 16.6. The fraction of sp³-hybridized carbons (Fsp3) is 0.562. The molecule has 1 aliphatic rings. The first-order valence-corrected chi connectivity index (χ1v) is 7.45. The summed E-state index contributed by atoms with van der Waals surface area (Å²) in [6, 6.07) is 6.18. The third-order valence-electron chi connectivity index (χ3n) is 3.65. The number of aryl methyl sites for hydroxylation is 1. The van der Waals surface area contributed by atoms with Crippen LogP contribution in [0.4, 0.5) is 4.79 Å². The molecule has 1 unspecified atom stereocenters. The zero-order valence-electron chi connectivity index (χ0n) is 13.0. The van der Waals surface area contributed by atoms with Gasteiger partial charge in [0.15, 0.2) is 0 Å². The smallest absolute Gasteiger partial charge is 0.410 e. The number of ether oxygens (including phenoxy) is 2. The summed E-state index contributed by atoms with van der Waals surface area (Å²) < 4.78 is 10.5. The molecule has 1 heterocycles. The van der Waals surface area contributed by atoms with Crippen LogP contribution in [0.3, 0.4) is 0 Å². The van der Waals surface area contributed by atoms with E-state index in [-0.39, 0.29) is 12.1 Å². The predicted molar refractivity (Wildman–Crippen MR) is 81.7 cm³/mol. The van der Waals surface area contributed by atoms with Crippen LogP contribution in [0.25, 0.3) is 0 Å². The Morgan fingerprint density at radius 1 is 1.48 bits per heavy atom. The lowest BCUT2D eigenvalue weighted by Crippen LogP contribution is -2.36. The minimum absolute atomic E-state index is 0.0467. The van der Waals surface area contributed by atoms with E-state index >= 15 is 0 Å². The molecule has 116 valence electrons.